The molecule has 4 rings (SSSR count). The Kier molecular flexibility index (Phi) is 6.88. The monoisotopic (exact) mass is 466 g/mol. The first kappa shape index (κ1) is 23.8. The minimum absolute atomic E-state index is 0.000908. The third-order valence-electron chi connectivity index (χ3n) is 6.66. The minimum atomic E-state index is -1.30. The van der Waals surface area contributed by atoms with Gasteiger partial charge in [0.1, 0.15) is 12.1 Å². The van der Waals surface area contributed by atoms with Crippen LogP contribution in [0.3, 0.4) is 0 Å². The molecule has 2 aromatic rings. The molecule has 0 spiro atoms. The number of hydrogen-bond acceptors (Lipinski definition) is 5. The van der Waals surface area contributed by atoms with E-state index in [9.17, 15) is 14.4 Å². The average Bonchev–Trinajstić information content (AvgIpc) is 3.40. The van der Waals surface area contributed by atoms with Crippen LogP contribution in [-0.2, 0) is 19.1 Å². The number of hydrogen-bond donors (Lipinski definition) is 3. The molecule has 2 aliphatic rings. The summed E-state index contributed by atoms with van der Waals surface area (Å²) >= 11 is 0. The van der Waals surface area contributed by atoms with E-state index in [0.29, 0.717) is 6.61 Å². The van der Waals surface area contributed by atoms with Crippen LogP contribution in [0, 0.1) is 5.92 Å². The van der Waals surface area contributed by atoms with Crippen molar-refractivity contribution in [2.45, 2.75) is 44.2 Å². The Bertz CT molecular complexity index is 1030. The number of benzene rings is 2. The number of alkyl carbamates (subject to hydrolysis) is 1. The molecule has 1 aliphatic carbocycles. The second-order valence-electron chi connectivity index (χ2n) is 9.26. The number of ether oxygens (including phenoxy) is 2. The fourth-order valence-electron chi connectivity index (χ4n) is 4.68. The molecule has 1 fully saturated rings. The van der Waals surface area contributed by atoms with Gasteiger partial charge >= 0.3 is 12.1 Å². The zero-order valence-corrected chi connectivity index (χ0v) is 19.4. The van der Waals surface area contributed by atoms with Crippen molar-refractivity contribution >= 4 is 18.0 Å². The normalized spacial score (nSPS) is 19.9. The van der Waals surface area contributed by atoms with Gasteiger partial charge in [0.25, 0.3) is 0 Å². The fourth-order valence-corrected chi connectivity index (χ4v) is 4.68. The number of carbonyl (C=O) groups excluding carboxylic acids is 2. The van der Waals surface area contributed by atoms with E-state index in [1.807, 2.05) is 50.2 Å². The molecule has 0 aromatic heterocycles. The Hall–Kier alpha value is -3.39. The lowest BCUT2D eigenvalue weighted by atomic mass is 9.94. The zero-order chi connectivity index (χ0) is 24.3. The molecule has 1 saturated heterocycles. The predicted octanol–water partition coefficient (Wildman–Crippen LogP) is 3.30. The molecular formula is C26H30N2O6. The number of rotatable bonds is 8. The smallest absolute Gasteiger partial charge is 0.408 e. The van der Waals surface area contributed by atoms with Crippen LogP contribution < -0.4 is 10.6 Å². The average molecular weight is 467 g/mol. The van der Waals surface area contributed by atoms with Crippen LogP contribution in [0.5, 0.6) is 0 Å². The lowest BCUT2D eigenvalue weighted by molar-refractivity contribution is -0.138. The molecule has 2 aromatic carbocycles. The molecule has 1 aliphatic heterocycles. The van der Waals surface area contributed by atoms with Crippen molar-refractivity contribution in [3.05, 3.63) is 59.7 Å². The maximum Gasteiger partial charge on any atom is 0.408 e. The second kappa shape index (κ2) is 9.85. The van der Waals surface area contributed by atoms with E-state index in [-0.39, 0.29) is 37.9 Å². The Morgan fingerprint density at radius 1 is 1.09 bits per heavy atom. The van der Waals surface area contributed by atoms with Crippen LogP contribution in [0.25, 0.3) is 11.1 Å². The van der Waals surface area contributed by atoms with Crippen LogP contribution in [0.4, 0.5) is 4.79 Å². The van der Waals surface area contributed by atoms with Crippen LogP contribution >= 0.6 is 0 Å². The van der Waals surface area contributed by atoms with Crippen LogP contribution in [0.15, 0.2) is 48.5 Å². The van der Waals surface area contributed by atoms with Gasteiger partial charge in [-0.1, -0.05) is 62.4 Å². The standard InChI is InChI=1S/C26H30N2O6/c1-16(2)22(13-23(29)30)27-24(31)26(11-12-33-15-26)28-25(32)34-14-21-19-9-5-3-7-17(19)18-8-4-6-10-20(18)21/h3-10,16,21-22H,11-15H2,1-2H3,(H,27,31)(H,28,32)(H,29,30). The molecule has 1 heterocycles. The Balaban J connectivity index is 1.44. The number of aliphatic carboxylic acids is 1. The summed E-state index contributed by atoms with van der Waals surface area (Å²) in [5, 5.41) is 14.7. The highest BCUT2D eigenvalue weighted by Gasteiger charge is 2.45. The maximum absolute atomic E-state index is 13.1. The quantitative estimate of drug-likeness (QED) is 0.550. The summed E-state index contributed by atoms with van der Waals surface area (Å²) in [5.74, 6) is -1.64. The number of carbonyl (C=O) groups is 3. The van der Waals surface area contributed by atoms with Gasteiger partial charge in [-0.15, -0.1) is 0 Å². The fraction of sp³-hybridized carbons (Fsp3) is 0.423. The molecule has 8 heteroatoms. The van der Waals surface area contributed by atoms with Crippen LogP contribution in [0.2, 0.25) is 0 Å². The van der Waals surface area contributed by atoms with Gasteiger partial charge in [-0.05, 0) is 28.2 Å². The zero-order valence-electron chi connectivity index (χ0n) is 19.4. The Labute approximate surface area is 198 Å². The van der Waals surface area contributed by atoms with Gasteiger partial charge in [0.2, 0.25) is 5.91 Å². The molecule has 2 atom stereocenters. The predicted molar refractivity (Wildman–Crippen MR) is 125 cm³/mol. The Morgan fingerprint density at radius 2 is 1.71 bits per heavy atom. The molecule has 34 heavy (non-hydrogen) atoms. The van der Waals surface area contributed by atoms with E-state index in [1.54, 1.807) is 0 Å². The second-order valence-corrected chi connectivity index (χ2v) is 9.26. The topological polar surface area (TPSA) is 114 Å². The van der Waals surface area contributed by atoms with Gasteiger partial charge in [0, 0.05) is 25.0 Å². The Morgan fingerprint density at radius 3 is 2.24 bits per heavy atom. The third kappa shape index (κ3) is 4.77. The highest BCUT2D eigenvalue weighted by atomic mass is 16.6. The maximum atomic E-state index is 13.1. The van der Waals surface area contributed by atoms with Crippen molar-refractivity contribution in [2.24, 2.45) is 5.92 Å². The molecule has 3 N–H and O–H groups in total. The molecular weight excluding hydrogens is 436 g/mol. The first-order valence-corrected chi connectivity index (χ1v) is 11.5. The first-order chi connectivity index (χ1) is 16.3. The summed E-state index contributed by atoms with van der Waals surface area (Å²) in [6.45, 7) is 4.12. The highest BCUT2D eigenvalue weighted by Crippen LogP contribution is 2.44. The van der Waals surface area contributed by atoms with Crippen molar-refractivity contribution < 1.29 is 29.0 Å². The number of nitrogens with one attached hydrogen (secondary N) is 2. The molecule has 0 bridgehead atoms. The van der Waals surface area contributed by atoms with Gasteiger partial charge in [-0.3, -0.25) is 9.59 Å². The number of fused-ring (bicyclic) bond motifs is 3. The highest BCUT2D eigenvalue weighted by molar-refractivity contribution is 5.91. The van der Waals surface area contributed by atoms with Gasteiger partial charge in [0.05, 0.1) is 13.0 Å². The van der Waals surface area contributed by atoms with Gasteiger partial charge < -0.3 is 25.2 Å². The molecule has 8 nitrogen and oxygen atoms in total. The molecule has 2 amide bonds. The largest absolute Gasteiger partial charge is 0.481 e. The van der Waals surface area contributed by atoms with Crippen molar-refractivity contribution in [2.75, 3.05) is 19.8 Å². The van der Waals surface area contributed by atoms with Gasteiger partial charge in [-0.2, -0.15) is 0 Å². The van der Waals surface area contributed by atoms with Gasteiger partial charge in [0.15, 0.2) is 0 Å². The number of carboxylic acid groups (broad SMARTS) is 1. The molecule has 180 valence electrons. The number of amides is 2. The number of carboxylic acids is 1. The van der Waals surface area contributed by atoms with Crippen molar-refractivity contribution in [3.8, 4) is 11.1 Å². The minimum Gasteiger partial charge on any atom is -0.481 e. The molecule has 2 unspecified atom stereocenters. The van der Waals surface area contributed by atoms with Crippen LogP contribution in [0.1, 0.15) is 43.7 Å². The van der Waals surface area contributed by atoms with Crippen LogP contribution in [-0.4, -0.2) is 54.5 Å². The molecule has 0 radical (unpaired) electrons. The third-order valence-corrected chi connectivity index (χ3v) is 6.66. The van der Waals surface area contributed by atoms with E-state index < -0.39 is 29.6 Å². The van der Waals surface area contributed by atoms with E-state index in [2.05, 4.69) is 22.8 Å². The SMILES string of the molecule is CC(C)C(CC(=O)O)NC(=O)C1(NC(=O)OCC2c3ccccc3-c3ccccc32)CCOC1. The summed E-state index contributed by atoms with van der Waals surface area (Å²) in [6, 6.07) is 15.5. The van der Waals surface area contributed by atoms with E-state index in [4.69, 9.17) is 14.6 Å². The lowest BCUT2D eigenvalue weighted by Crippen LogP contribution is -2.61. The lowest BCUT2D eigenvalue weighted by Gasteiger charge is -2.30. The molecule has 0 saturated carbocycles. The first-order valence-electron chi connectivity index (χ1n) is 11.5. The van der Waals surface area contributed by atoms with Gasteiger partial charge in [-0.25, -0.2) is 4.79 Å². The summed E-state index contributed by atoms with van der Waals surface area (Å²) < 4.78 is 11.0. The van der Waals surface area contributed by atoms with Crippen molar-refractivity contribution in [1.82, 2.24) is 10.6 Å². The summed E-state index contributed by atoms with van der Waals surface area (Å²) in [6.07, 6.45) is -0.631. The van der Waals surface area contributed by atoms with Crippen molar-refractivity contribution in [3.63, 3.8) is 0 Å². The summed E-state index contributed by atoms with van der Waals surface area (Å²) in [4.78, 5) is 37.2. The van der Waals surface area contributed by atoms with E-state index in [1.165, 1.54) is 0 Å². The summed E-state index contributed by atoms with van der Waals surface area (Å²) in [7, 11) is 0. The van der Waals surface area contributed by atoms with E-state index in [0.717, 1.165) is 22.3 Å². The summed E-state index contributed by atoms with van der Waals surface area (Å²) in [5.41, 5.74) is 3.16. The van der Waals surface area contributed by atoms with E-state index >= 15 is 0 Å². The van der Waals surface area contributed by atoms with Crippen molar-refractivity contribution in [1.29, 1.82) is 0 Å².